The molecule has 0 bridgehead atoms. The zero-order valence-electron chi connectivity index (χ0n) is 9.82. The van der Waals surface area contributed by atoms with Gasteiger partial charge in [0, 0.05) is 30.5 Å². The molecule has 1 saturated heterocycles. The molecular weight excluding hydrogens is 220 g/mol. The van der Waals surface area contributed by atoms with Gasteiger partial charge in [-0.1, -0.05) is 0 Å². The Morgan fingerprint density at radius 1 is 1.35 bits per heavy atom. The summed E-state index contributed by atoms with van der Waals surface area (Å²) < 4.78 is 0. The number of nitro groups is 1. The molecule has 5 heteroatoms. The standard InChI is InChI=1S/C12H14N2O3/c1-7-4-11(14(16)17)8(2)3-10(7)9-5-12(15)13-6-9/h3-4,9H,5-6H2,1-2H3,(H,13,15)/t9-/m1/s1. The molecule has 0 saturated carbocycles. The number of nitrogens with one attached hydrogen (secondary N) is 1. The molecule has 0 aromatic heterocycles. The predicted octanol–water partition coefficient (Wildman–Crippen LogP) is 1.82. The summed E-state index contributed by atoms with van der Waals surface area (Å²) in [5, 5.41) is 13.6. The van der Waals surface area contributed by atoms with Gasteiger partial charge >= 0.3 is 0 Å². The van der Waals surface area contributed by atoms with Crippen LogP contribution in [0.5, 0.6) is 0 Å². The molecule has 1 aliphatic rings. The van der Waals surface area contributed by atoms with E-state index in [-0.39, 0.29) is 22.4 Å². The van der Waals surface area contributed by atoms with Crippen LogP contribution in [0.3, 0.4) is 0 Å². The molecule has 1 heterocycles. The molecule has 0 aliphatic carbocycles. The van der Waals surface area contributed by atoms with Gasteiger partial charge < -0.3 is 5.32 Å². The average molecular weight is 234 g/mol. The zero-order chi connectivity index (χ0) is 12.6. The van der Waals surface area contributed by atoms with Crippen molar-refractivity contribution in [1.82, 2.24) is 5.32 Å². The first-order chi connectivity index (χ1) is 7.99. The Kier molecular flexibility index (Phi) is 2.83. The van der Waals surface area contributed by atoms with Crippen molar-refractivity contribution in [2.45, 2.75) is 26.2 Å². The molecule has 0 spiro atoms. The summed E-state index contributed by atoms with van der Waals surface area (Å²) in [6, 6.07) is 3.42. The Morgan fingerprint density at radius 3 is 2.59 bits per heavy atom. The third kappa shape index (κ3) is 2.13. The van der Waals surface area contributed by atoms with Gasteiger partial charge in [-0.15, -0.1) is 0 Å². The van der Waals surface area contributed by atoms with Gasteiger partial charge in [-0.25, -0.2) is 0 Å². The predicted molar refractivity (Wildman–Crippen MR) is 62.9 cm³/mol. The summed E-state index contributed by atoms with van der Waals surface area (Å²) in [5.74, 6) is 0.187. The van der Waals surface area contributed by atoms with Crippen LogP contribution in [0.4, 0.5) is 5.69 Å². The quantitative estimate of drug-likeness (QED) is 0.626. The topological polar surface area (TPSA) is 72.2 Å². The highest BCUT2D eigenvalue weighted by Crippen LogP contribution is 2.30. The van der Waals surface area contributed by atoms with Crippen LogP contribution >= 0.6 is 0 Å². The molecule has 0 unspecified atom stereocenters. The molecule has 1 aliphatic heterocycles. The van der Waals surface area contributed by atoms with Gasteiger partial charge in [0.25, 0.3) is 5.69 Å². The minimum absolute atomic E-state index is 0.0467. The first-order valence-electron chi connectivity index (χ1n) is 5.51. The molecule has 1 fully saturated rings. The zero-order valence-corrected chi connectivity index (χ0v) is 9.82. The van der Waals surface area contributed by atoms with Gasteiger partial charge in [-0.3, -0.25) is 14.9 Å². The first-order valence-corrected chi connectivity index (χ1v) is 5.51. The van der Waals surface area contributed by atoms with Gasteiger partial charge in [0.1, 0.15) is 0 Å². The van der Waals surface area contributed by atoms with E-state index in [0.29, 0.717) is 18.5 Å². The van der Waals surface area contributed by atoms with Crippen molar-refractivity contribution < 1.29 is 9.72 Å². The molecule has 1 aromatic rings. The second kappa shape index (κ2) is 4.16. The smallest absolute Gasteiger partial charge is 0.272 e. The third-order valence-electron chi connectivity index (χ3n) is 3.20. The maximum Gasteiger partial charge on any atom is 0.272 e. The van der Waals surface area contributed by atoms with Crippen LogP contribution in [-0.4, -0.2) is 17.4 Å². The second-order valence-corrected chi connectivity index (χ2v) is 4.46. The average Bonchev–Trinajstić information content (AvgIpc) is 2.67. The van der Waals surface area contributed by atoms with Crippen LogP contribution < -0.4 is 5.32 Å². The van der Waals surface area contributed by atoms with Crippen molar-refractivity contribution in [2.75, 3.05) is 6.54 Å². The van der Waals surface area contributed by atoms with E-state index in [0.717, 1.165) is 11.1 Å². The summed E-state index contributed by atoms with van der Waals surface area (Å²) in [4.78, 5) is 21.6. The van der Waals surface area contributed by atoms with E-state index in [1.165, 1.54) is 0 Å². The molecular formula is C12H14N2O3. The molecule has 1 amide bonds. The molecule has 0 radical (unpaired) electrons. The molecule has 1 atom stereocenters. The lowest BCUT2D eigenvalue weighted by Crippen LogP contribution is -2.13. The summed E-state index contributed by atoms with van der Waals surface area (Å²) in [6.07, 6.45) is 0.470. The van der Waals surface area contributed by atoms with Crippen LogP contribution in [-0.2, 0) is 4.79 Å². The highest BCUT2D eigenvalue weighted by molar-refractivity contribution is 5.79. The van der Waals surface area contributed by atoms with Crippen molar-refractivity contribution in [3.8, 4) is 0 Å². The molecule has 2 rings (SSSR count). The van der Waals surface area contributed by atoms with Gasteiger partial charge in [0.15, 0.2) is 0 Å². The Balaban J connectivity index is 2.39. The maximum atomic E-state index is 11.2. The lowest BCUT2D eigenvalue weighted by atomic mass is 9.92. The minimum atomic E-state index is -0.371. The number of carbonyl (C=O) groups excluding carboxylic acids is 1. The van der Waals surface area contributed by atoms with Crippen LogP contribution in [0.2, 0.25) is 0 Å². The van der Waals surface area contributed by atoms with Crippen molar-refractivity contribution in [3.63, 3.8) is 0 Å². The fraction of sp³-hybridized carbons (Fsp3) is 0.417. The van der Waals surface area contributed by atoms with E-state index >= 15 is 0 Å². The van der Waals surface area contributed by atoms with Crippen molar-refractivity contribution in [2.24, 2.45) is 0 Å². The number of nitrogens with zero attached hydrogens (tertiary/aromatic N) is 1. The van der Waals surface area contributed by atoms with Crippen molar-refractivity contribution in [1.29, 1.82) is 0 Å². The number of nitro benzene ring substituents is 1. The Labute approximate surface area is 99.0 Å². The molecule has 1 aromatic carbocycles. The molecule has 1 N–H and O–H groups in total. The van der Waals surface area contributed by atoms with Gasteiger partial charge in [0.2, 0.25) is 5.91 Å². The third-order valence-corrected chi connectivity index (χ3v) is 3.20. The van der Waals surface area contributed by atoms with E-state index in [9.17, 15) is 14.9 Å². The largest absolute Gasteiger partial charge is 0.355 e. The van der Waals surface area contributed by atoms with E-state index in [2.05, 4.69) is 5.32 Å². The van der Waals surface area contributed by atoms with Gasteiger partial charge in [0.05, 0.1) is 4.92 Å². The van der Waals surface area contributed by atoms with Crippen molar-refractivity contribution in [3.05, 3.63) is 38.9 Å². The Morgan fingerprint density at radius 2 is 2.06 bits per heavy atom. The molecule has 90 valence electrons. The number of carbonyl (C=O) groups is 1. The first kappa shape index (κ1) is 11.6. The van der Waals surface area contributed by atoms with E-state index in [1.807, 2.05) is 13.0 Å². The van der Waals surface area contributed by atoms with Crippen LogP contribution in [0.15, 0.2) is 12.1 Å². The molecule has 17 heavy (non-hydrogen) atoms. The normalized spacial score (nSPS) is 19.2. The van der Waals surface area contributed by atoms with E-state index in [1.54, 1.807) is 13.0 Å². The second-order valence-electron chi connectivity index (χ2n) is 4.46. The monoisotopic (exact) mass is 234 g/mol. The maximum absolute atomic E-state index is 11.2. The fourth-order valence-corrected chi connectivity index (χ4v) is 2.28. The summed E-state index contributed by atoms with van der Waals surface area (Å²) in [6.45, 7) is 4.20. The number of amides is 1. The summed E-state index contributed by atoms with van der Waals surface area (Å²) >= 11 is 0. The van der Waals surface area contributed by atoms with Crippen molar-refractivity contribution >= 4 is 11.6 Å². The van der Waals surface area contributed by atoms with E-state index in [4.69, 9.17) is 0 Å². The fourth-order valence-electron chi connectivity index (χ4n) is 2.28. The Bertz CT molecular complexity index is 497. The summed E-state index contributed by atoms with van der Waals surface area (Å²) in [7, 11) is 0. The summed E-state index contributed by atoms with van der Waals surface area (Å²) in [5.41, 5.74) is 2.70. The number of hydrogen-bond donors (Lipinski definition) is 1. The van der Waals surface area contributed by atoms with Crippen LogP contribution in [0.25, 0.3) is 0 Å². The van der Waals surface area contributed by atoms with Gasteiger partial charge in [-0.05, 0) is 31.0 Å². The number of benzene rings is 1. The molecule has 5 nitrogen and oxygen atoms in total. The highest BCUT2D eigenvalue weighted by atomic mass is 16.6. The number of aryl methyl sites for hydroxylation is 2. The van der Waals surface area contributed by atoms with Crippen LogP contribution in [0.1, 0.15) is 29.0 Å². The number of hydrogen-bond acceptors (Lipinski definition) is 3. The lowest BCUT2D eigenvalue weighted by Gasteiger charge is -2.12. The Hall–Kier alpha value is -1.91. The lowest BCUT2D eigenvalue weighted by molar-refractivity contribution is -0.385. The van der Waals surface area contributed by atoms with Crippen LogP contribution in [0, 0.1) is 24.0 Å². The minimum Gasteiger partial charge on any atom is -0.355 e. The van der Waals surface area contributed by atoms with Gasteiger partial charge in [-0.2, -0.15) is 0 Å². The van der Waals surface area contributed by atoms with E-state index < -0.39 is 0 Å². The highest BCUT2D eigenvalue weighted by Gasteiger charge is 2.26. The number of rotatable bonds is 2. The SMILES string of the molecule is Cc1cc([N+](=O)[O-])c(C)cc1[C@H]1CNC(=O)C1.